The molecule has 8 heteroatoms. The summed E-state index contributed by atoms with van der Waals surface area (Å²) in [6.07, 6.45) is -2.96. The van der Waals surface area contributed by atoms with E-state index in [1.54, 1.807) is 18.2 Å². The van der Waals surface area contributed by atoms with Crippen LogP contribution in [0, 0.1) is 5.92 Å². The van der Waals surface area contributed by atoms with E-state index in [1.807, 2.05) is 0 Å². The Morgan fingerprint density at radius 3 is 2.50 bits per heavy atom. The first-order chi connectivity index (χ1) is 13.2. The monoisotopic (exact) mass is 430 g/mol. The molecule has 1 aliphatic rings. The molecule has 3 nitrogen and oxygen atoms in total. The average molecular weight is 431 g/mol. The van der Waals surface area contributed by atoms with Crippen molar-refractivity contribution in [3.63, 3.8) is 0 Å². The number of nitrogens with one attached hydrogen (secondary N) is 1. The molecule has 2 aromatic carbocycles. The number of hydrogen-bond donors (Lipinski definition) is 1. The molecule has 1 saturated heterocycles. The van der Waals surface area contributed by atoms with Crippen LogP contribution in [0.4, 0.5) is 18.9 Å². The Morgan fingerprint density at radius 1 is 1.14 bits per heavy atom. The summed E-state index contributed by atoms with van der Waals surface area (Å²) in [5.74, 6) is -0.598. The lowest BCUT2D eigenvalue weighted by Gasteiger charge is -2.32. The summed E-state index contributed by atoms with van der Waals surface area (Å²) >= 11 is 12.4. The van der Waals surface area contributed by atoms with Crippen molar-refractivity contribution in [3.8, 4) is 0 Å². The lowest BCUT2D eigenvalue weighted by Crippen LogP contribution is -2.40. The molecule has 0 saturated carbocycles. The first-order valence-corrected chi connectivity index (χ1v) is 9.63. The van der Waals surface area contributed by atoms with Crippen LogP contribution in [0.3, 0.4) is 0 Å². The van der Waals surface area contributed by atoms with Crippen LogP contribution in [-0.2, 0) is 17.5 Å². The third-order valence-corrected chi connectivity index (χ3v) is 5.49. The Kier molecular flexibility index (Phi) is 6.53. The van der Waals surface area contributed by atoms with Crippen molar-refractivity contribution >= 4 is 34.8 Å². The van der Waals surface area contributed by atoms with Crippen molar-refractivity contribution in [3.05, 3.63) is 63.6 Å². The number of amides is 1. The molecule has 1 amide bonds. The Morgan fingerprint density at radius 2 is 1.82 bits per heavy atom. The van der Waals surface area contributed by atoms with Gasteiger partial charge in [0, 0.05) is 34.4 Å². The molecule has 1 heterocycles. The number of likely N-dealkylation sites (tertiary alicyclic amines) is 1. The van der Waals surface area contributed by atoms with E-state index in [2.05, 4.69) is 10.2 Å². The van der Waals surface area contributed by atoms with Crippen LogP contribution in [0.2, 0.25) is 10.0 Å². The Balaban J connectivity index is 1.65. The van der Waals surface area contributed by atoms with Crippen LogP contribution >= 0.6 is 23.2 Å². The second kappa shape index (κ2) is 8.72. The van der Waals surface area contributed by atoms with Gasteiger partial charge >= 0.3 is 6.18 Å². The number of carbonyl (C=O) groups is 1. The third kappa shape index (κ3) is 5.19. The van der Waals surface area contributed by atoms with Crippen LogP contribution in [-0.4, -0.2) is 23.9 Å². The number of rotatable bonds is 4. The Bertz CT molecular complexity index is 837. The van der Waals surface area contributed by atoms with E-state index in [4.69, 9.17) is 23.2 Å². The SMILES string of the molecule is O=C(Nc1cccc(C(F)(F)F)c1)C1CCCN(Cc2c(Cl)cccc2Cl)C1. The fraction of sp³-hybridized carbons (Fsp3) is 0.350. The highest BCUT2D eigenvalue weighted by Crippen LogP contribution is 2.31. The van der Waals surface area contributed by atoms with Crippen LogP contribution in [0.5, 0.6) is 0 Å². The molecule has 1 atom stereocenters. The molecule has 1 N–H and O–H groups in total. The number of nitrogens with zero attached hydrogens (tertiary/aromatic N) is 1. The van der Waals surface area contributed by atoms with E-state index in [0.29, 0.717) is 29.6 Å². The van der Waals surface area contributed by atoms with Crippen molar-refractivity contribution < 1.29 is 18.0 Å². The Labute approximate surface area is 171 Å². The van der Waals surface area contributed by atoms with Crippen LogP contribution in [0.15, 0.2) is 42.5 Å². The minimum absolute atomic E-state index is 0.145. The first kappa shape index (κ1) is 21.0. The van der Waals surface area contributed by atoms with E-state index in [1.165, 1.54) is 12.1 Å². The summed E-state index contributed by atoms with van der Waals surface area (Å²) in [5, 5.41) is 3.76. The maximum Gasteiger partial charge on any atom is 0.416 e. The molecule has 2 aromatic rings. The number of alkyl halides is 3. The zero-order chi connectivity index (χ0) is 20.3. The van der Waals surface area contributed by atoms with Gasteiger partial charge in [-0.3, -0.25) is 9.69 Å². The highest BCUT2D eigenvalue weighted by Gasteiger charge is 2.31. The molecule has 0 aromatic heterocycles. The molecule has 0 spiro atoms. The highest BCUT2D eigenvalue weighted by molar-refractivity contribution is 6.35. The highest BCUT2D eigenvalue weighted by atomic mass is 35.5. The minimum Gasteiger partial charge on any atom is -0.326 e. The molecule has 0 bridgehead atoms. The van der Waals surface area contributed by atoms with Gasteiger partial charge in [-0.1, -0.05) is 35.3 Å². The van der Waals surface area contributed by atoms with Gasteiger partial charge in [-0.15, -0.1) is 0 Å². The number of halogens is 5. The van der Waals surface area contributed by atoms with Crippen molar-refractivity contribution in [2.45, 2.75) is 25.6 Å². The van der Waals surface area contributed by atoms with Crippen LogP contribution < -0.4 is 5.32 Å². The molecule has 1 unspecified atom stereocenters. The first-order valence-electron chi connectivity index (χ1n) is 8.87. The van der Waals surface area contributed by atoms with Gasteiger partial charge in [0.15, 0.2) is 0 Å². The van der Waals surface area contributed by atoms with E-state index < -0.39 is 11.7 Å². The maximum absolute atomic E-state index is 12.8. The fourth-order valence-electron chi connectivity index (χ4n) is 3.34. The smallest absolute Gasteiger partial charge is 0.326 e. The van der Waals surface area contributed by atoms with E-state index >= 15 is 0 Å². The number of piperidine rings is 1. The topological polar surface area (TPSA) is 32.3 Å². The van der Waals surface area contributed by atoms with Gasteiger partial charge in [-0.25, -0.2) is 0 Å². The fourth-order valence-corrected chi connectivity index (χ4v) is 3.85. The normalized spacial score (nSPS) is 18.1. The Hall–Kier alpha value is -1.76. The molecule has 3 rings (SSSR count). The van der Waals surface area contributed by atoms with Gasteiger partial charge in [0.1, 0.15) is 0 Å². The van der Waals surface area contributed by atoms with Gasteiger partial charge in [0.2, 0.25) is 5.91 Å². The number of hydrogen-bond acceptors (Lipinski definition) is 2. The zero-order valence-corrected chi connectivity index (χ0v) is 16.4. The number of benzene rings is 2. The quantitative estimate of drug-likeness (QED) is 0.658. The van der Waals surface area contributed by atoms with E-state index in [-0.39, 0.29) is 17.5 Å². The predicted octanol–water partition coefficient (Wildman–Crippen LogP) is 5.86. The largest absolute Gasteiger partial charge is 0.416 e. The summed E-state index contributed by atoms with van der Waals surface area (Å²) in [7, 11) is 0. The molecule has 28 heavy (non-hydrogen) atoms. The second-order valence-electron chi connectivity index (χ2n) is 6.84. The van der Waals surface area contributed by atoms with Gasteiger partial charge in [-0.2, -0.15) is 13.2 Å². The lowest BCUT2D eigenvalue weighted by molar-refractivity contribution is -0.137. The zero-order valence-electron chi connectivity index (χ0n) is 14.9. The summed E-state index contributed by atoms with van der Waals surface area (Å²) < 4.78 is 38.5. The lowest BCUT2D eigenvalue weighted by atomic mass is 9.96. The number of carbonyl (C=O) groups excluding carboxylic acids is 1. The molecular formula is C20H19Cl2F3N2O. The van der Waals surface area contributed by atoms with E-state index in [9.17, 15) is 18.0 Å². The van der Waals surface area contributed by atoms with Crippen molar-refractivity contribution in [1.82, 2.24) is 4.90 Å². The molecule has 150 valence electrons. The molecule has 1 aliphatic heterocycles. The van der Waals surface area contributed by atoms with Crippen molar-refractivity contribution in [2.24, 2.45) is 5.92 Å². The van der Waals surface area contributed by atoms with Gasteiger partial charge in [0.25, 0.3) is 0 Å². The minimum atomic E-state index is -4.45. The molecule has 0 radical (unpaired) electrons. The molecule has 0 aliphatic carbocycles. The predicted molar refractivity (Wildman–Crippen MR) is 105 cm³/mol. The van der Waals surface area contributed by atoms with Crippen molar-refractivity contribution in [2.75, 3.05) is 18.4 Å². The van der Waals surface area contributed by atoms with Crippen LogP contribution in [0.25, 0.3) is 0 Å². The van der Waals surface area contributed by atoms with Gasteiger partial charge in [0.05, 0.1) is 11.5 Å². The summed E-state index contributed by atoms with van der Waals surface area (Å²) in [6.45, 7) is 1.81. The summed E-state index contributed by atoms with van der Waals surface area (Å²) in [5.41, 5.74) is 0.166. The third-order valence-electron chi connectivity index (χ3n) is 4.78. The second-order valence-corrected chi connectivity index (χ2v) is 7.66. The molecular weight excluding hydrogens is 412 g/mol. The van der Waals surface area contributed by atoms with Crippen molar-refractivity contribution in [1.29, 1.82) is 0 Å². The van der Waals surface area contributed by atoms with Gasteiger partial charge in [-0.05, 0) is 49.7 Å². The van der Waals surface area contributed by atoms with Crippen LogP contribution in [0.1, 0.15) is 24.0 Å². The molecule has 1 fully saturated rings. The summed E-state index contributed by atoms with van der Waals surface area (Å²) in [4.78, 5) is 14.7. The van der Waals surface area contributed by atoms with Gasteiger partial charge < -0.3 is 5.32 Å². The summed E-state index contributed by atoms with van der Waals surface area (Å²) in [6, 6.07) is 9.97. The van der Waals surface area contributed by atoms with E-state index in [0.717, 1.165) is 30.7 Å². The standard InChI is InChI=1S/C20H19Cl2F3N2O/c21-17-7-2-8-18(22)16(17)12-27-9-3-4-13(11-27)19(28)26-15-6-1-5-14(10-15)20(23,24)25/h1-2,5-8,10,13H,3-4,9,11-12H2,(H,26,28). The average Bonchev–Trinajstić information content (AvgIpc) is 2.65. The number of anilines is 1. The maximum atomic E-state index is 12.8.